The molecule has 8 heavy (non-hydrogen) atoms. The average Bonchev–Trinajstić information content (AvgIpc) is 1.83. The van der Waals surface area contributed by atoms with E-state index in [-0.39, 0.29) is 6.23 Å². The highest BCUT2D eigenvalue weighted by Gasteiger charge is 1.93. The molecule has 0 aromatic rings. The first kappa shape index (κ1) is 7.84. The maximum atomic E-state index is 4.77. The summed E-state index contributed by atoms with van der Waals surface area (Å²) in [7, 11) is 0. The van der Waals surface area contributed by atoms with Crippen LogP contribution < -0.4 is 11.4 Å². The lowest BCUT2D eigenvalue weighted by Crippen LogP contribution is -2.31. The minimum Gasteiger partial charge on any atom is -0.300 e. The lowest BCUT2D eigenvalue weighted by Gasteiger charge is -2.08. The zero-order valence-electron chi connectivity index (χ0n) is 5.18. The number of nitrogens with two attached hydrogens (primary N) is 1. The normalized spacial score (nSPS) is 13.9. The van der Waals surface area contributed by atoms with E-state index in [1.165, 1.54) is 0 Å². The topological polar surface area (TPSA) is 56.5 Å². The van der Waals surface area contributed by atoms with Gasteiger partial charge in [0.25, 0.3) is 0 Å². The van der Waals surface area contributed by atoms with Crippen LogP contribution in [0.25, 0.3) is 0 Å². The third kappa shape index (κ3) is 4.01. The molecular weight excluding hydrogens is 108 g/mol. The zero-order chi connectivity index (χ0) is 6.41. The van der Waals surface area contributed by atoms with Crippen LogP contribution in [0.1, 0.15) is 13.8 Å². The van der Waals surface area contributed by atoms with E-state index in [1.54, 1.807) is 6.92 Å². The molecule has 0 saturated carbocycles. The molecule has 0 bridgehead atoms. The number of nitrogens with one attached hydrogen (secondary N) is 1. The molecule has 4 nitrogen and oxygen atoms in total. The van der Waals surface area contributed by atoms with Crippen LogP contribution in [0.2, 0.25) is 0 Å². The summed E-state index contributed by atoms with van der Waals surface area (Å²) < 4.78 is 0. The third-order valence-corrected chi connectivity index (χ3v) is 0.598. The van der Waals surface area contributed by atoms with Gasteiger partial charge in [-0.05, 0) is 13.8 Å². The lowest BCUT2D eigenvalue weighted by atomic mass is 10.7. The van der Waals surface area contributed by atoms with Gasteiger partial charge < -0.3 is 0 Å². The van der Waals surface area contributed by atoms with Crippen LogP contribution in [0.15, 0.2) is 0 Å². The van der Waals surface area contributed by atoms with Crippen molar-refractivity contribution < 1.29 is 9.68 Å². The lowest BCUT2D eigenvalue weighted by molar-refractivity contribution is -0.0801. The van der Waals surface area contributed by atoms with E-state index < -0.39 is 0 Å². The molecule has 50 valence electrons. The Hall–Kier alpha value is -0.160. The Morgan fingerprint density at radius 2 is 2.38 bits per heavy atom. The van der Waals surface area contributed by atoms with Crippen LogP contribution in [0.4, 0.5) is 0 Å². The Morgan fingerprint density at radius 1 is 1.75 bits per heavy atom. The van der Waals surface area contributed by atoms with Gasteiger partial charge in [0.15, 0.2) is 0 Å². The van der Waals surface area contributed by atoms with Gasteiger partial charge in [-0.25, -0.2) is 5.90 Å². The van der Waals surface area contributed by atoms with Crippen LogP contribution in [-0.4, -0.2) is 12.8 Å². The molecule has 0 aromatic carbocycles. The van der Waals surface area contributed by atoms with E-state index in [0.29, 0.717) is 6.61 Å². The molecule has 3 N–H and O–H groups in total. The first-order valence-electron chi connectivity index (χ1n) is 2.54. The highest BCUT2D eigenvalue weighted by Crippen LogP contribution is 1.76. The van der Waals surface area contributed by atoms with Crippen molar-refractivity contribution in [3.05, 3.63) is 0 Å². The standard InChI is InChI=1S/C4H12N2O2/c1-3-7-6-4(2)8-5/h4,6H,3,5H2,1-2H3. The zero-order valence-corrected chi connectivity index (χ0v) is 5.18. The summed E-state index contributed by atoms with van der Waals surface area (Å²) in [6.07, 6.45) is -0.241. The molecular formula is C4H12N2O2. The molecule has 0 aliphatic rings. The summed E-state index contributed by atoms with van der Waals surface area (Å²) in [5.74, 6) is 4.77. The summed E-state index contributed by atoms with van der Waals surface area (Å²) in [6, 6.07) is 0. The van der Waals surface area contributed by atoms with Crippen LogP contribution in [0.5, 0.6) is 0 Å². The molecule has 0 aromatic heterocycles. The van der Waals surface area contributed by atoms with Gasteiger partial charge in [-0.2, -0.15) is 5.48 Å². The van der Waals surface area contributed by atoms with Gasteiger partial charge in [-0.3, -0.25) is 9.68 Å². The largest absolute Gasteiger partial charge is 0.300 e. The Balaban J connectivity index is 2.86. The fourth-order valence-corrected chi connectivity index (χ4v) is 0.228. The van der Waals surface area contributed by atoms with Crippen molar-refractivity contribution in [3.8, 4) is 0 Å². The highest BCUT2D eigenvalue weighted by molar-refractivity contribution is 4.28. The molecule has 1 unspecified atom stereocenters. The maximum Gasteiger partial charge on any atom is 0.148 e. The van der Waals surface area contributed by atoms with Crippen molar-refractivity contribution in [3.63, 3.8) is 0 Å². The summed E-state index contributed by atoms with van der Waals surface area (Å²) in [4.78, 5) is 9.05. The molecule has 0 spiro atoms. The molecule has 4 heteroatoms. The van der Waals surface area contributed by atoms with Gasteiger partial charge in [0.2, 0.25) is 0 Å². The highest BCUT2D eigenvalue weighted by atomic mass is 16.7. The van der Waals surface area contributed by atoms with E-state index >= 15 is 0 Å². The second-order valence-electron chi connectivity index (χ2n) is 1.33. The first-order chi connectivity index (χ1) is 3.81. The van der Waals surface area contributed by atoms with Crippen molar-refractivity contribution >= 4 is 0 Å². The molecule has 0 fully saturated rings. The van der Waals surface area contributed by atoms with Crippen molar-refractivity contribution in [1.82, 2.24) is 5.48 Å². The summed E-state index contributed by atoms with van der Waals surface area (Å²) in [5.41, 5.74) is 2.53. The van der Waals surface area contributed by atoms with Gasteiger partial charge in [-0.1, -0.05) is 0 Å². The van der Waals surface area contributed by atoms with E-state index in [1.807, 2.05) is 6.92 Å². The monoisotopic (exact) mass is 120 g/mol. The average molecular weight is 120 g/mol. The van der Waals surface area contributed by atoms with Crippen molar-refractivity contribution in [2.75, 3.05) is 6.61 Å². The third-order valence-electron chi connectivity index (χ3n) is 0.598. The van der Waals surface area contributed by atoms with Crippen LogP contribution >= 0.6 is 0 Å². The molecule has 0 rings (SSSR count). The SMILES string of the molecule is CCONC(C)ON. The van der Waals surface area contributed by atoms with Crippen molar-refractivity contribution in [2.24, 2.45) is 5.90 Å². The van der Waals surface area contributed by atoms with Crippen molar-refractivity contribution in [1.29, 1.82) is 0 Å². The summed E-state index contributed by atoms with van der Waals surface area (Å²) in [5, 5.41) is 0. The van der Waals surface area contributed by atoms with Crippen LogP contribution in [0, 0.1) is 0 Å². The van der Waals surface area contributed by atoms with E-state index in [4.69, 9.17) is 10.7 Å². The quantitative estimate of drug-likeness (QED) is 0.397. The van der Waals surface area contributed by atoms with E-state index in [0.717, 1.165) is 0 Å². The Kier molecular flexibility index (Phi) is 4.89. The maximum absolute atomic E-state index is 4.77. The van der Waals surface area contributed by atoms with Gasteiger partial charge in [0.1, 0.15) is 6.23 Å². The van der Waals surface area contributed by atoms with E-state index in [2.05, 4.69) is 10.3 Å². The molecule has 0 saturated heterocycles. The number of hydrogen-bond acceptors (Lipinski definition) is 4. The fourth-order valence-electron chi connectivity index (χ4n) is 0.228. The molecule has 0 amide bonds. The molecule has 1 atom stereocenters. The van der Waals surface area contributed by atoms with Crippen LogP contribution in [-0.2, 0) is 9.68 Å². The smallest absolute Gasteiger partial charge is 0.148 e. The van der Waals surface area contributed by atoms with Gasteiger partial charge >= 0.3 is 0 Å². The summed E-state index contributed by atoms with van der Waals surface area (Å²) in [6.45, 7) is 4.22. The molecule has 0 aliphatic heterocycles. The van der Waals surface area contributed by atoms with Gasteiger partial charge in [-0.15, -0.1) is 0 Å². The Morgan fingerprint density at radius 3 is 2.75 bits per heavy atom. The number of hydrogen-bond donors (Lipinski definition) is 2. The Bertz CT molecular complexity index is 51.3. The number of rotatable bonds is 4. The summed E-state index contributed by atoms with van der Waals surface area (Å²) >= 11 is 0. The predicted octanol–water partition coefficient (Wildman–Crippen LogP) is -0.236. The second-order valence-corrected chi connectivity index (χ2v) is 1.33. The second kappa shape index (κ2) is 4.99. The van der Waals surface area contributed by atoms with Gasteiger partial charge in [0, 0.05) is 0 Å². The van der Waals surface area contributed by atoms with E-state index in [9.17, 15) is 0 Å². The molecule has 0 heterocycles. The molecule has 0 aliphatic carbocycles. The van der Waals surface area contributed by atoms with Crippen molar-refractivity contribution in [2.45, 2.75) is 20.1 Å². The first-order valence-corrected chi connectivity index (χ1v) is 2.54. The predicted molar refractivity (Wildman–Crippen MR) is 29.5 cm³/mol. The Labute approximate surface area is 48.9 Å². The number of hydroxylamine groups is 1. The minimum atomic E-state index is -0.241. The van der Waals surface area contributed by atoms with Crippen LogP contribution in [0.3, 0.4) is 0 Å². The minimum absolute atomic E-state index is 0.241. The fraction of sp³-hybridized carbons (Fsp3) is 1.00. The molecule has 0 radical (unpaired) electrons. The van der Waals surface area contributed by atoms with Gasteiger partial charge in [0.05, 0.1) is 6.61 Å².